The molecule has 0 atom stereocenters. The van der Waals surface area contributed by atoms with E-state index in [2.05, 4.69) is 10.5 Å². The zero-order chi connectivity index (χ0) is 16.2. The van der Waals surface area contributed by atoms with Gasteiger partial charge in [0.1, 0.15) is 0 Å². The molecule has 1 aliphatic heterocycles. The van der Waals surface area contributed by atoms with Crippen LogP contribution in [0.1, 0.15) is 0 Å². The molecule has 7 heteroatoms. The van der Waals surface area contributed by atoms with Gasteiger partial charge in [0.25, 0.3) is 5.91 Å². The number of para-hydroxylation sites is 1. The van der Waals surface area contributed by atoms with E-state index < -0.39 is 11.7 Å². The summed E-state index contributed by atoms with van der Waals surface area (Å²) in [4.78, 5) is 36.9. The number of carbonyl (C=O) groups excluding carboxylic acids is 3. The summed E-state index contributed by atoms with van der Waals surface area (Å²) in [7, 11) is 0. The van der Waals surface area contributed by atoms with Crippen molar-refractivity contribution in [3.8, 4) is 0 Å². The van der Waals surface area contributed by atoms with Gasteiger partial charge in [-0.3, -0.25) is 14.4 Å². The largest absolute Gasteiger partial charge is 0.319 e. The number of hydrogen-bond acceptors (Lipinski definition) is 5. The standard InChI is InChI=1S/C16H13N3O3S/c20-12-6-7-14(21)13(10-12)15(22)17-18-16-19(8-9-23-16)11-4-2-1-3-5-11/h1-7,10H,8-9H2,(H,17,22)/b18-16+. The first kappa shape index (κ1) is 15.2. The van der Waals surface area contributed by atoms with Crippen LogP contribution >= 0.6 is 11.8 Å². The fourth-order valence-corrected chi connectivity index (χ4v) is 3.11. The quantitative estimate of drug-likeness (QED) is 0.514. The molecule has 1 aromatic rings. The zero-order valence-electron chi connectivity index (χ0n) is 12.1. The fraction of sp³-hybridized carbons (Fsp3) is 0.125. The van der Waals surface area contributed by atoms with Crippen molar-refractivity contribution in [2.75, 3.05) is 17.2 Å². The molecule has 0 unspecified atom stereocenters. The van der Waals surface area contributed by atoms with Crippen LogP contribution in [0.25, 0.3) is 0 Å². The first-order valence-electron chi connectivity index (χ1n) is 6.96. The van der Waals surface area contributed by atoms with Crippen molar-refractivity contribution in [3.63, 3.8) is 0 Å². The van der Waals surface area contributed by atoms with Crippen LogP contribution in [0.4, 0.5) is 5.69 Å². The van der Waals surface area contributed by atoms with Gasteiger partial charge in [0.05, 0.1) is 5.57 Å². The summed E-state index contributed by atoms with van der Waals surface area (Å²) in [5, 5.41) is 4.74. The van der Waals surface area contributed by atoms with Gasteiger partial charge in [-0.25, -0.2) is 5.43 Å². The monoisotopic (exact) mass is 327 g/mol. The number of anilines is 1. The molecule has 1 N–H and O–H groups in total. The Kier molecular flexibility index (Phi) is 4.38. The number of carbonyl (C=O) groups is 3. The summed E-state index contributed by atoms with van der Waals surface area (Å²) >= 11 is 1.51. The number of nitrogens with one attached hydrogen (secondary N) is 1. The Hall–Kier alpha value is -2.67. The summed E-state index contributed by atoms with van der Waals surface area (Å²) in [6, 6.07) is 9.70. The van der Waals surface area contributed by atoms with E-state index in [0.29, 0.717) is 5.17 Å². The predicted octanol–water partition coefficient (Wildman–Crippen LogP) is 1.26. The molecule has 3 rings (SSSR count). The topological polar surface area (TPSA) is 78.8 Å². The Morgan fingerprint density at radius 2 is 1.96 bits per heavy atom. The number of ketones is 2. The third kappa shape index (κ3) is 3.40. The highest BCUT2D eigenvalue weighted by molar-refractivity contribution is 8.14. The summed E-state index contributed by atoms with van der Waals surface area (Å²) in [6.45, 7) is 0.784. The second kappa shape index (κ2) is 6.62. The smallest absolute Gasteiger partial charge is 0.275 e. The molecule has 1 heterocycles. The van der Waals surface area contributed by atoms with Gasteiger partial charge in [0, 0.05) is 24.1 Å². The number of hydrazone groups is 1. The molecule has 1 amide bonds. The molecule has 0 bridgehead atoms. The van der Waals surface area contributed by atoms with Crippen molar-refractivity contribution in [3.05, 3.63) is 54.1 Å². The molecule has 6 nitrogen and oxygen atoms in total. The summed E-state index contributed by atoms with van der Waals surface area (Å²) in [5.74, 6) is -0.711. The minimum absolute atomic E-state index is 0.198. The molecule has 116 valence electrons. The minimum atomic E-state index is -0.680. The maximum atomic E-state index is 12.0. The average Bonchev–Trinajstić information content (AvgIpc) is 3.04. The van der Waals surface area contributed by atoms with Crippen LogP contribution in [0.15, 0.2) is 59.2 Å². The van der Waals surface area contributed by atoms with E-state index in [1.807, 2.05) is 35.2 Å². The second-order valence-electron chi connectivity index (χ2n) is 4.83. The first-order chi connectivity index (χ1) is 11.1. The van der Waals surface area contributed by atoms with E-state index >= 15 is 0 Å². The zero-order valence-corrected chi connectivity index (χ0v) is 12.9. The number of hydrogen-bond donors (Lipinski definition) is 1. The highest BCUT2D eigenvalue weighted by atomic mass is 32.2. The number of rotatable bonds is 3. The molecule has 1 saturated heterocycles. The van der Waals surface area contributed by atoms with Crippen molar-refractivity contribution in [1.82, 2.24) is 5.43 Å². The molecule has 2 aliphatic rings. The van der Waals surface area contributed by atoms with E-state index in [1.54, 1.807) is 0 Å². The Morgan fingerprint density at radius 1 is 1.17 bits per heavy atom. The molecule has 0 radical (unpaired) electrons. The summed E-state index contributed by atoms with van der Waals surface area (Å²) in [5.41, 5.74) is 3.14. The molecule has 0 aromatic heterocycles. The van der Waals surface area contributed by atoms with Crippen LogP contribution in [0, 0.1) is 0 Å². The van der Waals surface area contributed by atoms with Crippen LogP contribution in [0.2, 0.25) is 0 Å². The van der Waals surface area contributed by atoms with Gasteiger partial charge in [-0.15, -0.1) is 5.10 Å². The number of benzene rings is 1. The number of amidine groups is 1. The highest BCUT2D eigenvalue weighted by Crippen LogP contribution is 2.24. The molecule has 1 fully saturated rings. The predicted molar refractivity (Wildman–Crippen MR) is 89.1 cm³/mol. The van der Waals surface area contributed by atoms with Crippen molar-refractivity contribution in [1.29, 1.82) is 0 Å². The van der Waals surface area contributed by atoms with Gasteiger partial charge < -0.3 is 4.90 Å². The van der Waals surface area contributed by atoms with Crippen molar-refractivity contribution in [2.45, 2.75) is 0 Å². The molecule has 23 heavy (non-hydrogen) atoms. The molecule has 1 aromatic carbocycles. The van der Waals surface area contributed by atoms with Gasteiger partial charge in [-0.05, 0) is 24.3 Å². The van der Waals surface area contributed by atoms with E-state index in [4.69, 9.17) is 0 Å². The normalized spacial score (nSPS) is 19.2. The Bertz CT molecular complexity index is 753. The van der Waals surface area contributed by atoms with Crippen LogP contribution in [0.3, 0.4) is 0 Å². The third-order valence-corrected chi connectivity index (χ3v) is 4.25. The lowest BCUT2D eigenvalue weighted by Gasteiger charge is -2.17. The van der Waals surface area contributed by atoms with E-state index in [0.717, 1.165) is 36.2 Å². The van der Waals surface area contributed by atoms with Crippen LogP contribution in [-0.2, 0) is 14.4 Å². The number of thioether (sulfide) groups is 1. The highest BCUT2D eigenvalue weighted by Gasteiger charge is 2.23. The summed E-state index contributed by atoms with van der Waals surface area (Å²) < 4.78 is 0. The lowest BCUT2D eigenvalue weighted by atomic mass is 10.0. The maximum absolute atomic E-state index is 12.0. The molecular formula is C16H13N3O3S. The molecule has 0 saturated carbocycles. The van der Waals surface area contributed by atoms with E-state index in [-0.39, 0.29) is 11.4 Å². The van der Waals surface area contributed by atoms with Crippen molar-refractivity contribution in [2.24, 2.45) is 5.10 Å². The second-order valence-corrected chi connectivity index (χ2v) is 5.89. The van der Waals surface area contributed by atoms with Crippen molar-refractivity contribution < 1.29 is 14.4 Å². The van der Waals surface area contributed by atoms with Crippen LogP contribution in [-0.4, -0.2) is 34.9 Å². The average molecular weight is 327 g/mol. The van der Waals surface area contributed by atoms with E-state index in [9.17, 15) is 14.4 Å². The molecular weight excluding hydrogens is 314 g/mol. The SMILES string of the molecule is O=C1C=CC(=O)C(C(=O)N/N=C2/SCCN2c2ccccc2)=C1. The van der Waals surface area contributed by atoms with E-state index in [1.165, 1.54) is 11.8 Å². The molecule has 1 aliphatic carbocycles. The fourth-order valence-electron chi connectivity index (χ4n) is 2.19. The first-order valence-corrected chi connectivity index (χ1v) is 7.95. The third-order valence-electron chi connectivity index (χ3n) is 3.29. The number of allylic oxidation sites excluding steroid dienone is 3. The lowest BCUT2D eigenvalue weighted by Crippen LogP contribution is -2.30. The minimum Gasteiger partial charge on any atom is -0.319 e. The van der Waals surface area contributed by atoms with Gasteiger partial charge in [-0.2, -0.15) is 0 Å². The van der Waals surface area contributed by atoms with Crippen LogP contribution in [0.5, 0.6) is 0 Å². The van der Waals surface area contributed by atoms with Gasteiger partial charge >= 0.3 is 0 Å². The lowest BCUT2D eigenvalue weighted by molar-refractivity contribution is -0.122. The van der Waals surface area contributed by atoms with Crippen LogP contribution < -0.4 is 10.3 Å². The van der Waals surface area contributed by atoms with Gasteiger partial charge in [0.2, 0.25) is 0 Å². The van der Waals surface area contributed by atoms with Crippen molar-refractivity contribution >= 4 is 40.1 Å². The summed E-state index contributed by atoms with van der Waals surface area (Å²) in [6.07, 6.45) is 3.24. The Labute approximate surface area is 136 Å². The molecule has 0 spiro atoms. The van der Waals surface area contributed by atoms with Gasteiger partial charge in [-0.1, -0.05) is 30.0 Å². The maximum Gasteiger partial charge on any atom is 0.275 e. The van der Waals surface area contributed by atoms with Gasteiger partial charge in [0.15, 0.2) is 16.7 Å². The number of nitrogens with zero attached hydrogens (tertiary/aromatic N) is 2. The Balaban J connectivity index is 1.73. The Morgan fingerprint density at radius 3 is 2.74 bits per heavy atom. The number of amides is 1.